The van der Waals surface area contributed by atoms with Crippen LogP contribution in [0.3, 0.4) is 0 Å². The molecule has 3 aromatic rings. The maximum atomic E-state index is 13.0. The van der Waals surface area contributed by atoms with Crippen molar-refractivity contribution in [3.8, 4) is 0 Å². The maximum Gasteiger partial charge on any atom is 0.257 e. The molecule has 1 aromatic heterocycles. The van der Waals surface area contributed by atoms with E-state index >= 15 is 0 Å². The molecule has 0 radical (unpaired) electrons. The highest BCUT2D eigenvalue weighted by Gasteiger charge is 2.27. The van der Waals surface area contributed by atoms with E-state index in [1.807, 2.05) is 25.1 Å². The molecule has 2 heterocycles. The van der Waals surface area contributed by atoms with Gasteiger partial charge >= 0.3 is 0 Å². The van der Waals surface area contributed by atoms with Crippen LogP contribution in [0.2, 0.25) is 0 Å². The third kappa shape index (κ3) is 3.92. The van der Waals surface area contributed by atoms with Gasteiger partial charge in [0.1, 0.15) is 0 Å². The molecule has 1 saturated heterocycles. The molecule has 2 aromatic carbocycles. The Morgan fingerprint density at radius 3 is 2.55 bits per heavy atom. The van der Waals surface area contributed by atoms with Crippen molar-refractivity contribution in [2.24, 2.45) is 0 Å². The Labute approximate surface area is 174 Å². The normalized spacial score (nSPS) is 15.5. The first kappa shape index (κ1) is 20.0. The van der Waals surface area contributed by atoms with Crippen LogP contribution < -0.4 is 5.32 Å². The lowest BCUT2D eigenvalue weighted by Crippen LogP contribution is -2.35. The van der Waals surface area contributed by atoms with Crippen LogP contribution in [-0.2, 0) is 10.0 Å². The number of carbonyl (C=O) groups is 1. The van der Waals surface area contributed by atoms with Gasteiger partial charge < -0.3 is 0 Å². The SMILES string of the molecule is Cc1ccc(S(=O)(=O)N2CCCCC2)cc1C(=O)Nc1nc2c(C)cccc2s1. The molecule has 0 saturated carbocycles. The summed E-state index contributed by atoms with van der Waals surface area (Å²) in [4.78, 5) is 17.6. The molecular formula is C21H23N3O3S2. The Hall–Kier alpha value is -2.29. The summed E-state index contributed by atoms with van der Waals surface area (Å²) in [5, 5.41) is 3.34. The number of aromatic nitrogens is 1. The molecule has 0 aliphatic carbocycles. The number of anilines is 1. The zero-order valence-corrected chi connectivity index (χ0v) is 18.1. The second-order valence-electron chi connectivity index (χ2n) is 7.34. The highest BCUT2D eigenvalue weighted by atomic mass is 32.2. The van der Waals surface area contributed by atoms with Gasteiger partial charge in [0.15, 0.2) is 5.13 Å². The summed E-state index contributed by atoms with van der Waals surface area (Å²) in [6, 6.07) is 10.7. The maximum absolute atomic E-state index is 13.0. The number of fused-ring (bicyclic) bond motifs is 1. The summed E-state index contributed by atoms with van der Waals surface area (Å²) in [5.74, 6) is -0.352. The number of aryl methyl sites for hydroxylation is 2. The molecule has 1 amide bonds. The number of amides is 1. The van der Waals surface area contributed by atoms with Gasteiger partial charge in [0.25, 0.3) is 5.91 Å². The molecular weight excluding hydrogens is 406 g/mol. The van der Waals surface area contributed by atoms with Crippen LogP contribution in [0.25, 0.3) is 10.2 Å². The number of para-hydroxylation sites is 1. The third-order valence-electron chi connectivity index (χ3n) is 5.25. The highest BCUT2D eigenvalue weighted by molar-refractivity contribution is 7.89. The fourth-order valence-corrected chi connectivity index (χ4v) is 6.05. The zero-order valence-electron chi connectivity index (χ0n) is 16.4. The fourth-order valence-electron chi connectivity index (χ4n) is 3.56. The summed E-state index contributed by atoms with van der Waals surface area (Å²) in [7, 11) is -3.59. The van der Waals surface area contributed by atoms with Gasteiger partial charge in [0.2, 0.25) is 10.0 Å². The standard InChI is InChI=1S/C21H23N3O3S2/c1-14-9-10-16(29(26,27)24-11-4-3-5-12-24)13-17(14)20(25)23-21-22-19-15(2)7-6-8-18(19)28-21/h6-10,13H,3-5,11-12H2,1-2H3,(H,22,23,25). The molecule has 1 fully saturated rings. The molecule has 1 N–H and O–H groups in total. The van der Waals surface area contributed by atoms with Gasteiger partial charge in [-0.1, -0.05) is 36.0 Å². The van der Waals surface area contributed by atoms with Crippen molar-refractivity contribution >= 4 is 42.6 Å². The van der Waals surface area contributed by atoms with E-state index in [0.29, 0.717) is 23.8 Å². The van der Waals surface area contributed by atoms with Crippen molar-refractivity contribution in [3.63, 3.8) is 0 Å². The van der Waals surface area contributed by atoms with E-state index in [2.05, 4.69) is 10.3 Å². The van der Waals surface area contributed by atoms with Crippen molar-refractivity contribution < 1.29 is 13.2 Å². The molecule has 6 nitrogen and oxygen atoms in total. The minimum atomic E-state index is -3.59. The molecule has 0 bridgehead atoms. The van der Waals surface area contributed by atoms with Crippen molar-refractivity contribution in [1.29, 1.82) is 0 Å². The van der Waals surface area contributed by atoms with Crippen molar-refractivity contribution in [1.82, 2.24) is 9.29 Å². The van der Waals surface area contributed by atoms with Crippen LogP contribution in [0.4, 0.5) is 5.13 Å². The van der Waals surface area contributed by atoms with Crippen molar-refractivity contribution in [3.05, 3.63) is 53.1 Å². The molecule has 0 unspecified atom stereocenters. The number of benzene rings is 2. The number of hydrogen-bond acceptors (Lipinski definition) is 5. The first-order chi connectivity index (χ1) is 13.9. The van der Waals surface area contributed by atoms with Gasteiger partial charge in [-0.05, 0) is 56.0 Å². The number of piperidine rings is 1. The molecule has 0 atom stereocenters. The number of rotatable bonds is 4. The van der Waals surface area contributed by atoms with Gasteiger partial charge in [-0.3, -0.25) is 10.1 Å². The summed E-state index contributed by atoms with van der Waals surface area (Å²) < 4.78 is 28.5. The molecule has 29 heavy (non-hydrogen) atoms. The largest absolute Gasteiger partial charge is 0.298 e. The predicted molar refractivity (Wildman–Crippen MR) is 116 cm³/mol. The Morgan fingerprint density at radius 1 is 1.07 bits per heavy atom. The Morgan fingerprint density at radius 2 is 1.83 bits per heavy atom. The molecule has 1 aliphatic heterocycles. The number of nitrogens with one attached hydrogen (secondary N) is 1. The van der Waals surface area contributed by atoms with Crippen LogP contribution in [0, 0.1) is 13.8 Å². The fraction of sp³-hybridized carbons (Fsp3) is 0.333. The van der Waals surface area contributed by atoms with Crippen LogP contribution in [0.1, 0.15) is 40.7 Å². The summed E-state index contributed by atoms with van der Waals surface area (Å²) in [6.45, 7) is 4.84. The lowest BCUT2D eigenvalue weighted by atomic mass is 10.1. The second-order valence-corrected chi connectivity index (χ2v) is 10.3. The Kier molecular flexibility index (Phi) is 5.42. The van der Waals surface area contributed by atoms with Crippen molar-refractivity contribution in [2.45, 2.75) is 38.0 Å². The number of carbonyl (C=O) groups excluding carboxylic acids is 1. The summed E-state index contributed by atoms with van der Waals surface area (Å²) in [5.41, 5.74) is 2.98. The smallest absolute Gasteiger partial charge is 0.257 e. The second kappa shape index (κ2) is 7.85. The van der Waals surface area contributed by atoms with Crippen molar-refractivity contribution in [2.75, 3.05) is 18.4 Å². The minimum absolute atomic E-state index is 0.162. The first-order valence-corrected chi connectivity index (χ1v) is 11.9. The van der Waals surface area contributed by atoms with E-state index < -0.39 is 10.0 Å². The van der Waals surface area contributed by atoms with E-state index in [1.54, 1.807) is 19.1 Å². The molecule has 8 heteroatoms. The quantitative estimate of drug-likeness (QED) is 0.669. The van der Waals surface area contributed by atoms with Crippen LogP contribution in [-0.4, -0.2) is 36.7 Å². The predicted octanol–water partition coefficient (Wildman–Crippen LogP) is 4.34. The van der Waals surface area contributed by atoms with Gasteiger partial charge in [0, 0.05) is 18.7 Å². The molecule has 152 valence electrons. The average Bonchev–Trinajstić information content (AvgIpc) is 3.12. The number of nitrogens with zero attached hydrogens (tertiary/aromatic N) is 2. The molecule has 1 aliphatic rings. The van der Waals surface area contributed by atoms with E-state index in [1.165, 1.54) is 21.7 Å². The number of thiazole rings is 1. The monoisotopic (exact) mass is 429 g/mol. The average molecular weight is 430 g/mol. The van der Waals surface area contributed by atoms with Gasteiger partial charge in [-0.2, -0.15) is 4.31 Å². The first-order valence-electron chi connectivity index (χ1n) is 9.64. The van der Waals surface area contributed by atoms with E-state index in [-0.39, 0.29) is 10.8 Å². The van der Waals surface area contributed by atoms with Crippen LogP contribution in [0.5, 0.6) is 0 Å². The summed E-state index contributed by atoms with van der Waals surface area (Å²) >= 11 is 1.40. The minimum Gasteiger partial charge on any atom is -0.298 e. The van der Waals surface area contributed by atoms with Gasteiger partial charge in [0.05, 0.1) is 15.1 Å². The lowest BCUT2D eigenvalue weighted by molar-refractivity contribution is 0.102. The zero-order chi connectivity index (χ0) is 20.6. The van der Waals surface area contributed by atoms with E-state index in [4.69, 9.17) is 0 Å². The van der Waals surface area contributed by atoms with Crippen LogP contribution in [0.15, 0.2) is 41.3 Å². The lowest BCUT2D eigenvalue weighted by Gasteiger charge is -2.26. The third-order valence-corrected chi connectivity index (χ3v) is 8.08. The Balaban J connectivity index is 1.62. The Bertz CT molecular complexity index is 1180. The molecule has 0 spiro atoms. The number of sulfonamides is 1. The van der Waals surface area contributed by atoms with E-state index in [0.717, 1.165) is 40.6 Å². The van der Waals surface area contributed by atoms with Gasteiger partial charge in [-0.25, -0.2) is 13.4 Å². The van der Waals surface area contributed by atoms with E-state index in [9.17, 15) is 13.2 Å². The molecule has 4 rings (SSSR count). The number of hydrogen-bond donors (Lipinski definition) is 1. The topological polar surface area (TPSA) is 79.4 Å². The van der Waals surface area contributed by atoms with Gasteiger partial charge in [-0.15, -0.1) is 0 Å². The summed E-state index contributed by atoms with van der Waals surface area (Å²) in [6.07, 6.45) is 2.79. The highest BCUT2D eigenvalue weighted by Crippen LogP contribution is 2.29. The van der Waals surface area contributed by atoms with Crippen LogP contribution >= 0.6 is 11.3 Å².